The van der Waals surface area contributed by atoms with Crippen LogP contribution in [0.25, 0.3) is 10.9 Å². The Morgan fingerprint density at radius 1 is 1.20 bits per heavy atom. The zero-order valence-electron chi connectivity index (χ0n) is 18.7. The number of anilines is 1. The first-order valence-electron chi connectivity index (χ1n) is 10.8. The van der Waals surface area contributed by atoms with Gasteiger partial charge in [0.05, 0.1) is 10.5 Å². The molecule has 0 aliphatic carbocycles. The normalized spacial score (nSPS) is 16.0. The van der Waals surface area contributed by atoms with Crippen LogP contribution in [0.4, 0.5) is 5.13 Å². The third-order valence-electron chi connectivity index (χ3n) is 6.20. The molecular weight excluding hydrogens is 508 g/mol. The quantitative estimate of drug-likeness (QED) is 0.386. The zero-order valence-corrected chi connectivity index (χ0v) is 21.1. The van der Waals surface area contributed by atoms with E-state index in [1.165, 1.54) is 11.3 Å². The largest absolute Gasteiger partial charge is 0.412 e. The molecule has 0 radical (unpaired) electrons. The van der Waals surface area contributed by atoms with Crippen LogP contribution in [0.1, 0.15) is 21.3 Å². The van der Waals surface area contributed by atoms with E-state index < -0.39 is 16.6 Å². The highest BCUT2D eigenvalue weighted by atomic mass is 35.5. The van der Waals surface area contributed by atoms with Crippen LogP contribution in [0.3, 0.4) is 0 Å². The second kappa shape index (κ2) is 10.5. The van der Waals surface area contributed by atoms with Crippen molar-refractivity contribution in [1.29, 1.82) is 0 Å². The highest BCUT2D eigenvalue weighted by Crippen LogP contribution is 2.33. The SMILES string of the molecule is O.O=C(Cn1ccc2ccc(Cl)cc21)N1CCC(O)(c2ccc(S(=O)Nc3nccs3)cc2)CC1.[HH].[HH]. The number of hydrogen-bond acceptors (Lipinski definition) is 5. The molecule has 0 spiro atoms. The van der Waals surface area contributed by atoms with Crippen molar-refractivity contribution in [3.63, 3.8) is 0 Å². The number of nitrogens with zero attached hydrogens (tertiary/aromatic N) is 3. The van der Waals surface area contributed by atoms with E-state index in [1.54, 1.807) is 23.2 Å². The Hall–Kier alpha value is -2.76. The summed E-state index contributed by atoms with van der Waals surface area (Å²) in [6.45, 7) is 1.16. The van der Waals surface area contributed by atoms with Gasteiger partial charge in [-0.15, -0.1) is 11.3 Å². The molecule has 5 rings (SSSR count). The lowest BCUT2D eigenvalue weighted by atomic mass is 9.84. The molecule has 188 valence electrons. The summed E-state index contributed by atoms with van der Waals surface area (Å²) in [5, 5.41) is 15.3. The number of aromatic nitrogens is 2. The molecule has 4 aromatic rings. The lowest BCUT2D eigenvalue weighted by Crippen LogP contribution is -2.46. The summed E-state index contributed by atoms with van der Waals surface area (Å²) in [5.41, 5.74) is 0.671. The monoisotopic (exact) mass is 536 g/mol. The maximum absolute atomic E-state index is 12.9. The van der Waals surface area contributed by atoms with Crippen molar-refractivity contribution in [3.05, 3.63) is 76.9 Å². The predicted molar refractivity (Wildman–Crippen MR) is 143 cm³/mol. The third kappa shape index (κ3) is 5.41. The van der Waals surface area contributed by atoms with E-state index in [9.17, 15) is 14.1 Å². The van der Waals surface area contributed by atoms with E-state index in [2.05, 4.69) is 9.71 Å². The van der Waals surface area contributed by atoms with E-state index in [-0.39, 0.29) is 20.8 Å². The average Bonchev–Trinajstić information content (AvgIpc) is 3.49. The molecule has 1 aliphatic rings. The van der Waals surface area contributed by atoms with Crippen LogP contribution < -0.4 is 4.72 Å². The molecule has 2 aromatic heterocycles. The van der Waals surface area contributed by atoms with Gasteiger partial charge >= 0.3 is 0 Å². The van der Waals surface area contributed by atoms with Crippen molar-refractivity contribution in [1.82, 2.24) is 14.5 Å². The Labute approximate surface area is 217 Å². The Kier molecular flexibility index (Phi) is 7.58. The van der Waals surface area contributed by atoms with Crippen molar-refractivity contribution < 1.29 is 22.4 Å². The van der Waals surface area contributed by atoms with E-state index in [0.717, 1.165) is 16.5 Å². The van der Waals surface area contributed by atoms with Crippen LogP contribution in [0.2, 0.25) is 5.02 Å². The number of halogens is 1. The second-order valence-electron chi connectivity index (χ2n) is 8.29. The maximum atomic E-state index is 12.9. The first kappa shape index (κ1) is 25.3. The lowest BCUT2D eigenvalue weighted by molar-refractivity contribution is -0.136. The average molecular weight is 537 g/mol. The number of nitrogens with one attached hydrogen (secondary N) is 1. The van der Waals surface area contributed by atoms with Crippen LogP contribution >= 0.6 is 22.9 Å². The fraction of sp³-hybridized carbons (Fsp3) is 0.250. The molecule has 1 saturated heterocycles. The molecule has 1 atom stereocenters. The van der Waals surface area contributed by atoms with Crippen molar-refractivity contribution in [2.75, 3.05) is 17.8 Å². The summed E-state index contributed by atoms with van der Waals surface area (Å²) in [5.74, 6) is 0.0125. The van der Waals surface area contributed by atoms with Gasteiger partial charge in [0.25, 0.3) is 0 Å². The van der Waals surface area contributed by atoms with Gasteiger partial charge in [0, 0.05) is 44.3 Å². The summed E-state index contributed by atoms with van der Waals surface area (Å²) >= 11 is 7.50. The van der Waals surface area contributed by atoms with Crippen LogP contribution in [-0.2, 0) is 27.9 Å². The Morgan fingerprint density at radius 3 is 2.63 bits per heavy atom. The fourth-order valence-corrected chi connectivity index (χ4v) is 5.93. The minimum Gasteiger partial charge on any atom is -0.412 e. The number of benzene rings is 2. The van der Waals surface area contributed by atoms with E-state index >= 15 is 0 Å². The molecule has 1 amide bonds. The molecule has 35 heavy (non-hydrogen) atoms. The Bertz CT molecular complexity index is 1340. The van der Waals surface area contributed by atoms with E-state index in [1.807, 2.05) is 52.5 Å². The summed E-state index contributed by atoms with van der Waals surface area (Å²) < 4.78 is 17.2. The van der Waals surface area contributed by atoms with Gasteiger partial charge in [0.1, 0.15) is 6.54 Å². The highest BCUT2D eigenvalue weighted by molar-refractivity contribution is 7.86. The Morgan fingerprint density at radius 2 is 1.94 bits per heavy atom. The van der Waals surface area contributed by atoms with Crippen molar-refractivity contribution >= 4 is 55.9 Å². The molecule has 2 aromatic carbocycles. The van der Waals surface area contributed by atoms with Gasteiger partial charge in [-0.1, -0.05) is 29.8 Å². The van der Waals surface area contributed by atoms with Crippen molar-refractivity contribution in [2.24, 2.45) is 0 Å². The standard InChI is InChI=1S/C24H23ClN4O3S2.H2O.2H2/c25-19-4-1-17-7-11-29(21(17)15-19)16-22(30)28-12-8-24(31,9-13-28)18-2-5-20(6-3-18)34(32)27-23-26-10-14-33-23;;;/h1-7,10-11,14-15,31H,8-9,12-13,16H2,(H,26,27);1H2;2*1H. The number of likely N-dealkylation sites (tertiary alicyclic amines) is 1. The minimum atomic E-state index is -1.43. The highest BCUT2D eigenvalue weighted by Gasteiger charge is 2.35. The molecule has 11 heteroatoms. The minimum absolute atomic E-state index is 0. The van der Waals surface area contributed by atoms with E-state index in [0.29, 0.717) is 41.0 Å². The molecule has 0 bridgehead atoms. The number of hydrogen-bond donors (Lipinski definition) is 2. The van der Waals surface area contributed by atoms with Gasteiger partial charge in [-0.25, -0.2) is 9.19 Å². The van der Waals surface area contributed by atoms with Crippen LogP contribution in [0.5, 0.6) is 0 Å². The van der Waals surface area contributed by atoms with Crippen LogP contribution in [0, 0.1) is 0 Å². The van der Waals surface area contributed by atoms with Gasteiger partial charge in [-0.2, -0.15) is 0 Å². The third-order valence-corrected chi connectivity index (χ3v) is 8.33. The predicted octanol–water partition coefficient (Wildman–Crippen LogP) is 4.06. The van der Waals surface area contributed by atoms with Gasteiger partial charge in [-0.3, -0.25) is 9.52 Å². The molecule has 8 nitrogen and oxygen atoms in total. The molecule has 3 heterocycles. The number of rotatable bonds is 6. The first-order valence-corrected chi connectivity index (χ1v) is 13.3. The number of fused-ring (bicyclic) bond motifs is 1. The summed E-state index contributed by atoms with van der Waals surface area (Å²) in [7, 11) is -1.43. The molecule has 1 fully saturated rings. The first-order chi connectivity index (χ1) is 16.4. The maximum Gasteiger partial charge on any atom is 0.242 e. The molecular formula is C24H29ClN4O4S2. The van der Waals surface area contributed by atoms with Crippen LogP contribution in [0.15, 0.2) is 71.2 Å². The van der Waals surface area contributed by atoms with Gasteiger partial charge in [0.15, 0.2) is 16.1 Å². The Balaban J connectivity index is 0.00000160. The smallest absolute Gasteiger partial charge is 0.242 e. The zero-order chi connectivity index (χ0) is 23.7. The summed E-state index contributed by atoms with van der Waals surface area (Å²) in [6, 6.07) is 14.7. The van der Waals surface area contributed by atoms with E-state index in [4.69, 9.17) is 11.6 Å². The molecule has 1 aliphatic heterocycles. The van der Waals surface area contributed by atoms with Gasteiger partial charge in [0.2, 0.25) is 5.91 Å². The number of thiazole rings is 1. The number of piperidine rings is 1. The van der Waals surface area contributed by atoms with Crippen LogP contribution in [-0.4, -0.2) is 48.2 Å². The number of aliphatic hydroxyl groups is 1. The molecule has 0 saturated carbocycles. The topological polar surface area (TPSA) is 119 Å². The molecule has 4 N–H and O–H groups in total. The lowest BCUT2D eigenvalue weighted by Gasteiger charge is -2.38. The van der Waals surface area contributed by atoms with Crippen molar-refractivity contribution in [3.8, 4) is 0 Å². The number of carbonyl (C=O) groups excluding carboxylic acids is 1. The summed E-state index contributed by atoms with van der Waals surface area (Å²) in [4.78, 5) is 19.4. The number of amides is 1. The fourth-order valence-electron chi connectivity index (χ4n) is 4.26. The number of carbonyl (C=O) groups is 1. The summed E-state index contributed by atoms with van der Waals surface area (Å²) in [6.07, 6.45) is 4.43. The van der Waals surface area contributed by atoms with Gasteiger partial charge < -0.3 is 20.0 Å². The molecule has 1 unspecified atom stereocenters. The van der Waals surface area contributed by atoms with Crippen molar-refractivity contribution in [2.45, 2.75) is 29.9 Å². The van der Waals surface area contributed by atoms with Gasteiger partial charge in [-0.05, 0) is 54.1 Å². The second-order valence-corrected chi connectivity index (χ2v) is 10.8.